The van der Waals surface area contributed by atoms with Gasteiger partial charge in [0.25, 0.3) is 0 Å². The van der Waals surface area contributed by atoms with Crippen molar-refractivity contribution < 1.29 is 14.6 Å². The minimum atomic E-state index is -0.566. The molecule has 5 nitrogen and oxygen atoms in total. The molecular weight excluding hydrogens is 268 g/mol. The Bertz CT molecular complexity index is 478. The van der Waals surface area contributed by atoms with Crippen molar-refractivity contribution in [3.8, 4) is 5.75 Å². The maximum Gasteiger partial charge on any atom is 0.224 e. The minimum Gasteiger partial charge on any atom is -0.497 e. The molecule has 0 aromatic heterocycles. The highest BCUT2D eigenvalue weighted by atomic mass is 16.5. The molecule has 0 bridgehead atoms. The Hall–Kier alpha value is -1.59. The summed E-state index contributed by atoms with van der Waals surface area (Å²) in [6, 6.07) is 7.48. The predicted molar refractivity (Wildman–Crippen MR) is 81.2 cm³/mol. The van der Waals surface area contributed by atoms with Crippen LogP contribution in [0.2, 0.25) is 0 Å². The summed E-state index contributed by atoms with van der Waals surface area (Å²) in [7, 11) is 3.29. The molecule has 2 N–H and O–H groups in total. The van der Waals surface area contributed by atoms with Crippen LogP contribution in [0, 0.1) is 5.92 Å². The van der Waals surface area contributed by atoms with E-state index in [-0.39, 0.29) is 11.8 Å². The van der Waals surface area contributed by atoms with Gasteiger partial charge in [-0.1, -0.05) is 12.1 Å². The molecule has 0 spiro atoms. The van der Waals surface area contributed by atoms with Crippen LogP contribution >= 0.6 is 0 Å². The van der Waals surface area contributed by atoms with Gasteiger partial charge in [-0.15, -0.1) is 0 Å². The number of likely N-dealkylation sites (tertiary alicyclic amines) is 1. The summed E-state index contributed by atoms with van der Waals surface area (Å²) in [5.41, 5.74) is 0.844. The highest BCUT2D eigenvalue weighted by Crippen LogP contribution is 2.23. The lowest BCUT2D eigenvalue weighted by Crippen LogP contribution is -2.43. The zero-order chi connectivity index (χ0) is 15.2. The van der Waals surface area contributed by atoms with E-state index in [1.54, 1.807) is 14.2 Å². The summed E-state index contributed by atoms with van der Waals surface area (Å²) in [6.45, 7) is 2.18. The van der Waals surface area contributed by atoms with Gasteiger partial charge in [-0.2, -0.15) is 0 Å². The Morgan fingerprint density at radius 3 is 3.10 bits per heavy atom. The second kappa shape index (κ2) is 7.43. The number of amides is 1. The summed E-state index contributed by atoms with van der Waals surface area (Å²) in [5, 5.41) is 13.1. The van der Waals surface area contributed by atoms with Gasteiger partial charge in [0.1, 0.15) is 5.75 Å². The summed E-state index contributed by atoms with van der Waals surface area (Å²) in [4.78, 5) is 13.9. The molecule has 116 valence electrons. The van der Waals surface area contributed by atoms with Crippen LogP contribution in [-0.2, 0) is 4.79 Å². The van der Waals surface area contributed by atoms with Crippen LogP contribution in [0.4, 0.5) is 0 Å². The molecule has 2 atom stereocenters. The molecule has 1 saturated heterocycles. The third-order valence-electron chi connectivity index (χ3n) is 4.03. The van der Waals surface area contributed by atoms with E-state index in [0.717, 1.165) is 30.7 Å². The van der Waals surface area contributed by atoms with Crippen molar-refractivity contribution >= 4 is 5.91 Å². The Labute approximate surface area is 125 Å². The van der Waals surface area contributed by atoms with Gasteiger partial charge in [0.2, 0.25) is 5.91 Å². The van der Waals surface area contributed by atoms with Gasteiger partial charge < -0.3 is 15.2 Å². The number of benzene rings is 1. The van der Waals surface area contributed by atoms with Gasteiger partial charge in [-0.25, -0.2) is 0 Å². The van der Waals surface area contributed by atoms with Gasteiger partial charge in [-0.3, -0.25) is 9.69 Å². The van der Waals surface area contributed by atoms with Gasteiger partial charge in [0.05, 0.1) is 19.1 Å². The lowest BCUT2D eigenvalue weighted by Gasteiger charge is -2.33. The Kier molecular flexibility index (Phi) is 5.59. The number of aliphatic hydroxyl groups is 1. The average molecular weight is 292 g/mol. The fourth-order valence-corrected chi connectivity index (χ4v) is 2.84. The number of hydrogen-bond acceptors (Lipinski definition) is 4. The Morgan fingerprint density at radius 2 is 2.38 bits per heavy atom. The molecule has 1 fully saturated rings. The van der Waals surface area contributed by atoms with Gasteiger partial charge >= 0.3 is 0 Å². The first kappa shape index (κ1) is 15.8. The van der Waals surface area contributed by atoms with Crippen molar-refractivity contribution in [1.29, 1.82) is 0 Å². The van der Waals surface area contributed by atoms with E-state index < -0.39 is 6.10 Å². The fourth-order valence-electron chi connectivity index (χ4n) is 2.84. The third-order valence-corrected chi connectivity index (χ3v) is 4.03. The quantitative estimate of drug-likeness (QED) is 0.856. The standard InChI is InChI=1S/C16H24N2O3/c1-17-16(20)13-6-4-8-18(10-13)11-15(19)12-5-3-7-14(9-12)21-2/h3,5,7,9,13,15,19H,4,6,8,10-11H2,1-2H3,(H,17,20). The molecular formula is C16H24N2O3. The Morgan fingerprint density at radius 1 is 1.57 bits per heavy atom. The number of rotatable bonds is 5. The van der Waals surface area contributed by atoms with Crippen LogP contribution in [0.5, 0.6) is 5.75 Å². The molecule has 1 aromatic rings. The van der Waals surface area contributed by atoms with Gasteiger partial charge in [0, 0.05) is 20.1 Å². The normalized spacial score (nSPS) is 20.8. The molecule has 2 rings (SSSR count). The second-order valence-electron chi connectivity index (χ2n) is 5.51. The fraction of sp³-hybridized carbons (Fsp3) is 0.562. The molecule has 2 unspecified atom stereocenters. The molecule has 1 aromatic carbocycles. The van der Waals surface area contributed by atoms with Crippen molar-refractivity contribution in [3.63, 3.8) is 0 Å². The Balaban J connectivity index is 1.95. The highest BCUT2D eigenvalue weighted by molar-refractivity contribution is 5.78. The topological polar surface area (TPSA) is 61.8 Å². The number of ether oxygens (including phenoxy) is 1. The summed E-state index contributed by atoms with van der Waals surface area (Å²) < 4.78 is 5.18. The number of β-amino-alcohol motifs (C(OH)–C–C–N with tert-alkyl or cyclic N) is 1. The zero-order valence-electron chi connectivity index (χ0n) is 12.7. The van der Waals surface area contributed by atoms with Crippen LogP contribution in [0.15, 0.2) is 24.3 Å². The van der Waals surface area contributed by atoms with Gasteiger partial charge in [-0.05, 0) is 37.1 Å². The van der Waals surface area contributed by atoms with E-state index in [2.05, 4.69) is 10.2 Å². The lowest BCUT2D eigenvalue weighted by molar-refractivity contribution is -0.126. The molecule has 1 aliphatic rings. The molecule has 0 aliphatic carbocycles. The molecule has 1 amide bonds. The predicted octanol–water partition coefficient (Wildman–Crippen LogP) is 1.19. The van der Waals surface area contributed by atoms with Crippen LogP contribution in [0.3, 0.4) is 0 Å². The maximum absolute atomic E-state index is 11.7. The van der Waals surface area contributed by atoms with E-state index in [1.807, 2.05) is 24.3 Å². The largest absolute Gasteiger partial charge is 0.497 e. The monoisotopic (exact) mass is 292 g/mol. The van der Waals surface area contributed by atoms with Crippen LogP contribution in [0.1, 0.15) is 24.5 Å². The molecule has 1 heterocycles. The molecule has 0 saturated carbocycles. The van der Waals surface area contributed by atoms with Crippen molar-refractivity contribution in [3.05, 3.63) is 29.8 Å². The molecule has 1 aliphatic heterocycles. The number of aliphatic hydroxyl groups excluding tert-OH is 1. The van der Waals surface area contributed by atoms with Crippen LogP contribution in [0.25, 0.3) is 0 Å². The molecule has 0 radical (unpaired) electrons. The number of nitrogens with zero attached hydrogens (tertiary/aromatic N) is 1. The smallest absolute Gasteiger partial charge is 0.224 e. The van der Waals surface area contributed by atoms with Crippen LogP contribution < -0.4 is 10.1 Å². The SMILES string of the molecule is CNC(=O)C1CCCN(CC(O)c2cccc(OC)c2)C1. The number of nitrogens with one attached hydrogen (secondary N) is 1. The summed E-state index contributed by atoms with van der Waals surface area (Å²) in [6.07, 6.45) is 1.34. The van der Waals surface area contributed by atoms with E-state index in [0.29, 0.717) is 13.1 Å². The first-order valence-electron chi connectivity index (χ1n) is 7.40. The third kappa shape index (κ3) is 4.19. The van der Waals surface area contributed by atoms with Gasteiger partial charge in [0.15, 0.2) is 0 Å². The first-order valence-corrected chi connectivity index (χ1v) is 7.40. The van der Waals surface area contributed by atoms with E-state index in [9.17, 15) is 9.90 Å². The number of carbonyl (C=O) groups excluding carboxylic acids is 1. The molecule has 21 heavy (non-hydrogen) atoms. The van der Waals surface area contributed by atoms with E-state index in [4.69, 9.17) is 4.74 Å². The molecule has 5 heteroatoms. The van der Waals surface area contributed by atoms with Crippen molar-refractivity contribution in [2.45, 2.75) is 18.9 Å². The second-order valence-corrected chi connectivity index (χ2v) is 5.51. The number of piperidine rings is 1. The number of methoxy groups -OCH3 is 1. The lowest BCUT2D eigenvalue weighted by atomic mass is 9.96. The zero-order valence-corrected chi connectivity index (χ0v) is 12.7. The van der Waals surface area contributed by atoms with Crippen molar-refractivity contribution in [2.75, 3.05) is 33.8 Å². The van der Waals surface area contributed by atoms with E-state index in [1.165, 1.54) is 0 Å². The van der Waals surface area contributed by atoms with Crippen LogP contribution in [-0.4, -0.2) is 49.7 Å². The summed E-state index contributed by atoms with van der Waals surface area (Å²) in [5.74, 6) is 0.866. The maximum atomic E-state index is 11.7. The summed E-state index contributed by atoms with van der Waals surface area (Å²) >= 11 is 0. The van der Waals surface area contributed by atoms with E-state index >= 15 is 0 Å². The highest BCUT2D eigenvalue weighted by Gasteiger charge is 2.26. The number of hydrogen-bond donors (Lipinski definition) is 2. The minimum absolute atomic E-state index is 0.0289. The van der Waals surface area contributed by atoms with Crippen molar-refractivity contribution in [1.82, 2.24) is 10.2 Å². The van der Waals surface area contributed by atoms with Crippen molar-refractivity contribution in [2.24, 2.45) is 5.92 Å². The number of carbonyl (C=O) groups is 1. The first-order chi connectivity index (χ1) is 10.1. The average Bonchev–Trinajstić information content (AvgIpc) is 2.54.